The Hall–Kier alpha value is -2.90. The predicted octanol–water partition coefficient (Wildman–Crippen LogP) is 6.96. The van der Waals surface area contributed by atoms with Crippen molar-refractivity contribution in [2.75, 3.05) is 13.1 Å². The third-order valence-corrected chi connectivity index (χ3v) is 8.25. The second-order valence-electron chi connectivity index (χ2n) is 20.8. The van der Waals surface area contributed by atoms with Crippen molar-refractivity contribution in [3.8, 4) is 0 Å². The first-order chi connectivity index (χ1) is 26.0. The molecule has 0 aliphatic carbocycles. The highest BCUT2D eigenvalue weighted by Crippen LogP contribution is 2.25. The van der Waals surface area contributed by atoms with E-state index in [1.165, 1.54) is 6.92 Å². The van der Waals surface area contributed by atoms with Crippen LogP contribution in [0.15, 0.2) is 0 Å². The summed E-state index contributed by atoms with van der Waals surface area (Å²) in [6.07, 6.45) is 4.99. The van der Waals surface area contributed by atoms with Gasteiger partial charge in [0.2, 0.25) is 23.6 Å². The lowest BCUT2D eigenvalue weighted by molar-refractivity contribution is -0.129. The van der Waals surface area contributed by atoms with E-state index in [2.05, 4.69) is 83.6 Å². The predicted molar refractivity (Wildman–Crippen MR) is 249 cm³/mol. The van der Waals surface area contributed by atoms with Crippen molar-refractivity contribution in [3.05, 3.63) is 0 Å². The van der Waals surface area contributed by atoms with Crippen LogP contribution in [0.3, 0.4) is 0 Å². The van der Waals surface area contributed by atoms with E-state index in [0.717, 1.165) is 12.8 Å². The average molecular weight is 844 g/mol. The van der Waals surface area contributed by atoms with Gasteiger partial charge in [0.25, 0.3) is 0 Å². The van der Waals surface area contributed by atoms with Crippen LogP contribution in [0, 0.1) is 27.6 Å². The van der Waals surface area contributed by atoms with Gasteiger partial charge in [-0.1, -0.05) is 97.4 Å². The lowest BCUT2D eigenvalue weighted by Gasteiger charge is -2.26. The molecular formula is C46H97N7O6. The smallest absolute Gasteiger partial charge is 0.242 e. The van der Waals surface area contributed by atoms with Crippen LogP contribution < -0.4 is 38.5 Å². The monoisotopic (exact) mass is 844 g/mol. The molecule has 59 heavy (non-hydrogen) atoms. The van der Waals surface area contributed by atoms with Crippen molar-refractivity contribution < 1.29 is 28.8 Å². The van der Waals surface area contributed by atoms with Crippen molar-refractivity contribution >= 4 is 35.2 Å². The maximum Gasteiger partial charge on any atom is 0.242 e. The highest BCUT2D eigenvalue weighted by Gasteiger charge is 2.27. The Morgan fingerprint density at radius 1 is 0.492 bits per heavy atom. The van der Waals surface area contributed by atoms with E-state index in [-0.39, 0.29) is 88.6 Å². The second-order valence-corrected chi connectivity index (χ2v) is 20.8. The van der Waals surface area contributed by atoms with Crippen LogP contribution in [0.4, 0.5) is 0 Å². The molecule has 6 atom stereocenters. The van der Waals surface area contributed by atoms with E-state index in [9.17, 15) is 28.8 Å². The number of hydrogen-bond acceptors (Lipinski definition) is 9. The zero-order valence-corrected chi connectivity index (χ0v) is 40.7. The van der Waals surface area contributed by atoms with Crippen molar-refractivity contribution in [2.24, 2.45) is 44.8 Å². The molecule has 0 spiro atoms. The summed E-state index contributed by atoms with van der Waals surface area (Å²) in [4.78, 5) is 68.8. The van der Waals surface area contributed by atoms with Crippen molar-refractivity contribution in [1.29, 1.82) is 0 Å². The standard InChI is InChI=1S/C14H29N3O2.C13H26N2O2.C9H20N2O.C9H18O.CH4/c1-6-16-13(19)11(9-14(3,4)5)17-12(18)8-7-10(2)15;1-9(14)6-7-12(17)15-11(10(2)16)8-13(3,4)5;1-5-11-8(12)7(10)6-9(2,3)4;1-7(8(2)10)6-9(3,4)5;/h10-11H,6-9,15H2,1-5H3,(H,16,19)(H,17,18);9,11H,6-8,14H2,1-5H3,(H,15,17);7H,5-6,10H2,1-4H3,(H,11,12);7H,6H2,1-5H3;1H4. The SMILES string of the molecule is C.CC(=O)C(C)CC(C)(C)C.CC(=O)C(CC(C)(C)C)NC(=O)CCC(C)N.CCNC(=O)C(CC(C)(C)C)NC(=O)CCC(C)N.CCNC(=O)C(N)CC(C)(C)C. The van der Waals surface area contributed by atoms with E-state index < -0.39 is 6.04 Å². The molecular weight excluding hydrogens is 747 g/mol. The van der Waals surface area contributed by atoms with Gasteiger partial charge in [0, 0.05) is 43.9 Å². The summed E-state index contributed by atoms with van der Waals surface area (Å²) < 4.78 is 0. The zero-order chi connectivity index (χ0) is 46.8. The minimum atomic E-state index is -0.472. The Morgan fingerprint density at radius 3 is 1.08 bits per heavy atom. The molecule has 0 aliphatic rings. The third-order valence-electron chi connectivity index (χ3n) is 8.25. The number of nitrogens with two attached hydrogens (primary N) is 3. The quantitative estimate of drug-likeness (QED) is 0.0755. The van der Waals surface area contributed by atoms with Gasteiger partial charge in [0.1, 0.15) is 11.8 Å². The van der Waals surface area contributed by atoms with Crippen LogP contribution in [0.5, 0.6) is 0 Å². The van der Waals surface area contributed by atoms with Crippen molar-refractivity contribution in [1.82, 2.24) is 21.3 Å². The summed E-state index contributed by atoms with van der Waals surface area (Å²) in [7, 11) is 0. The molecule has 0 rings (SSSR count). The maximum absolute atomic E-state index is 11.9. The number of rotatable bonds is 18. The van der Waals surface area contributed by atoms with Gasteiger partial charge in [-0.2, -0.15) is 0 Å². The van der Waals surface area contributed by atoms with Crippen LogP contribution in [0.2, 0.25) is 0 Å². The molecule has 0 aromatic rings. The Morgan fingerprint density at radius 2 is 0.814 bits per heavy atom. The third kappa shape index (κ3) is 47.7. The minimum Gasteiger partial charge on any atom is -0.355 e. The zero-order valence-electron chi connectivity index (χ0n) is 40.7. The summed E-state index contributed by atoms with van der Waals surface area (Å²) in [5, 5.41) is 11.1. The first-order valence-corrected chi connectivity index (χ1v) is 21.4. The van der Waals surface area contributed by atoms with E-state index in [1.807, 2.05) is 55.4 Å². The fourth-order valence-electron chi connectivity index (χ4n) is 5.40. The number of Topliss-reactive ketones (excluding diaryl/α,β-unsaturated/α-hetero) is 2. The fraction of sp³-hybridized carbons (Fsp3) is 0.870. The fourth-order valence-corrected chi connectivity index (χ4v) is 5.40. The number of ketones is 2. The second kappa shape index (κ2) is 31.9. The summed E-state index contributed by atoms with van der Waals surface area (Å²) in [6.45, 7) is 38.9. The van der Waals surface area contributed by atoms with Crippen LogP contribution >= 0.6 is 0 Å². The number of amides is 4. The molecule has 13 nitrogen and oxygen atoms in total. The van der Waals surface area contributed by atoms with Crippen LogP contribution in [-0.2, 0) is 28.8 Å². The van der Waals surface area contributed by atoms with Crippen LogP contribution in [0.25, 0.3) is 0 Å². The molecule has 0 aromatic carbocycles. The van der Waals surface area contributed by atoms with Gasteiger partial charge in [-0.15, -0.1) is 0 Å². The molecule has 0 radical (unpaired) electrons. The van der Waals surface area contributed by atoms with Gasteiger partial charge in [-0.05, 0) is 102 Å². The number of hydrogen-bond donors (Lipinski definition) is 7. The summed E-state index contributed by atoms with van der Waals surface area (Å²) in [6, 6.07) is -1.21. The largest absolute Gasteiger partial charge is 0.355 e. The molecule has 6 unspecified atom stereocenters. The Labute approximate surface area is 362 Å². The molecule has 0 bridgehead atoms. The van der Waals surface area contributed by atoms with E-state index in [4.69, 9.17) is 17.2 Å². The molecule has 352 valence electrons. The number of nitrogens with one attached hydrogen (secondary N) is 4. The first kappa shape index (κ1) is 65.2. The van der Waals surface area contributed by atoms with Gasteiger partial charge < -0.3 is 38.5 Å². The number of carbonyl (C=O) groups excluding carboxylic acids is 6. The minimum absolute atomic E-state index is 0. The average Bonchev–Trinajstić information content (AvgIpc) is 3.00. The molecule has 0 aromatic heterocycles. The van der Waals surface area contributed by atoms with Gasteiger partial charge in [0.15, 0.2) is 5.78 Å². The Kier molecular flexibility index (Phi) is 35.3. The molecule has 0 heterocycles. The maximum atomic E-state index is 11.9. The first-order valence-electron chi connectivity index (χ1n) is 21.4. The van der Waals surface area contributed by atoms with Gasteiger partial charge >= 0.3 is 0 Å². The van der Waals surface area contributed by atoms with E-state index in [1.54, 1.807) is 6.92 Å². The number of likely N-dealkylation sites (N-methyl/N-ethyl adjacent to an activating group) is 2. The molecule has 4 amide bonds. The molecule has 0 fully saturated rings. The van der Waals surface area contributed by atoms with Gasteiger partial charge in [0.05, 0.1) is 12.1 Å². The van der Waals surface area contributed by atoms with Crippen molar-refractivity contribution in [2.45, 2.75) is 221 Å². The Bertz CT molecular complexity index is 1190. The highest BCUT2D eigenvalue weighted by molar-refractivity contribution is 5.88. The molecule has 0 aliphatic heterocycles. The molecule has 13 heteroatoms. The van der Waals surface area contributed by atoms with Gasteiger partial charge in [-0.25, -0.2) is 0 Å². The highest BCUT2D eigenvalue weighted by atomic mass is 16.2. The molecule has 0 saturated carbocycles. The molecule has 10 N–H and O–H groups in total. The van der Waals surface area contributed by atoms with Crippen LogP contribution in [-0.4, -0.2) is 78.5 Å². The normalized spacial score (nSPS) is 14.5. The van der Waals surface area contributed by atoms with E-state index in [0.29, 0.717) is 57.4 Å². The lowest BCUT2D eigenvalue weighted by atomic mass is 9.84. The number of carbonyl (C=O) groups is 6. The van der Waals surface area contributed by atoms with Crippen molar-refractivity contribution in [3.63, 3.8) is 0 Å². The van der Waals surface area contributed by atoms with Gasteiger partial charge in [-0.3, -0.25) is 28.8 Å². The van der Waals surface area contributed by atoms with Crippen LogP contribution in [0.1, 0.15) is 190 Å². The Balaban J connectivity index is -0.000000225. The lowest BCUT2D eigenvalue weighted by Crippen LogP contribution is -2.48. The summed E-state index contributed by atoms with van der Waals surface area (Å²) >= 11 is 0. The summed E-state index contributed by atoms with van der Waals surface area (Å²) in [5.74, 6) is 0.160. The van der Waals surface area contributed by atoms with E-state index >= 15 is 0 Å². The topological polar surface area (TPSA) is 229 Å². The summed E-state index contributed by atoms with van der Waals surface area (Å²) in [5.41, 5.74) is 17.3. The molecule has 0 saturated heterocycles.